The van der Waals surface area contributed by atoms with E-state index in [4.69, 9.17) is 0 Å². The Morgan fingerprint density at radius 2 is 1.00 bits per heavy atom. The van der Waals surface area contributed by atoms with Crippen LogP contribution in [0.3, 0.4) is 0 Å². The van der Waals surface area contributed by atoms with Crippen LogP contribution < -0.4 is 0 Å². The average molecular weight is 192 g/mol. The molecule has 3 aliphatic carbocycles. The molecule has 8 atom stereocenters. The zero-order valence-corrected chi connectivity index (χ0v) is 10.0. The molecule has 0 bridgehead atoms. The molecule has 3 fully saturated rings. The third-order valence-corrected chi connectivity index (χ3v) is 6.28. The fourth-order valence-electron chi connectivity index (χ4n) is 5.19. The number of rotatable bonds is 0. The van der Waals surface area contributed by atoms with Crippen molar-refractivity contribution >= 4 is 0 Å². The van der Waals surface area contributed by atoms with Crippen molar-refractivity contribution in [1.29, 1.82) is 0 Å². The van der Waals surface area contributed by atoms with Crippen molar-refractivity contribution in [2.45, 2.75) is 40.5 Å². The Morgan fingerprint density at radius 1 is 0.643 bits per heavy atom. The molecule has 0 aromatic rings. The van der Waals surface area contributed by atoms with Crippen LogP contribution in [0, 0.1) is 47.3 Å². The molecule has 0 aliphatic heterocycles. The van der Waals surface area contributed by atoms with E-state index in [1.807, 2.05) is 0 Å². The van der Waals surface area contributed by atoms with Gasteiger partial charge in [-0.1, -0.05) is 27.7 Å². The van der Waals surface area contributed by atoms with Crippen LogP contribution in [0.5, 0.6) is 0 Å². The number of hydrogen-bond acceptors (Lipinski definition) is 0. The maximum Gasteiger partial charge on any atom is -0.0321 e. The van der Waals surface area contributed by atoms with Gasteiger partial charge in [-0.05, 0) is 60.2 Å². The molecule has 0 heterocycles. The monoisotopic (exact) mass is 192 g/mol. The highest BCUT2D eigenvalue weighted by Gasteiger charge is 2.61. The summed E-state index contributed by atoms with van der Waals surface area (Å²) in [6.45, 7) is 9.99. The van der Waals surface area contributed by atoms with E-state index < -0.39 is 0 Å². The van der Waals surface area contributed by atoms with E-state index in [1.165, 1.54) is 0 Å². The van der Waals surface area contributed by atoms with Crippen molar-refractivity contribution in [3.63, 3.8) is 0 Å². The van der Waals surface area contributed by atoms with Crippen LogP contribution in [0.25, 0.3) is 0 Å². The lowest BCUT2D eigenvalue weighted by Crippen LogP contribution is -2.44. The second-order valence-corrected chi connectivity index (χ2v) is 6.63. The average Bonchev–Trinajstić information content (AvgIpc) is 2.51. The van der Waals surface area contributed by atoms with Gasteiger partial charge in [0, 0.05) is 0 Å². The summed E-state index contributed by atoms with van der Waals surface area (Å²) in [4.78, 5) is 0. The van der Waals surface area contributed by atoms with Crippen molar-refractivity contribution in [2.75, 3.05) is 0 Å². The molecule has 0 saturated heterocycles. The van der Waals surface area contributed by atoms with Gasteiger partial charge < -0.3 is 0 Å². The zero-order chi connectivity index (χ0) is 10.0. The summed E-state index contributed by atoms with van der Waals surface area (Å²) >= 11 is 0. The van der Waals surface area contributed by atoms with Crippen LogP contribution in [0.1, 0.15) is 40.5 Å². The molecule has 80 valence electrons. The number of fused-ring (bicyclic) bond motifs is 4. The topological polar surface area (TPSA) is 0 Å². The Hall–Kier alpha value is 0. The van der Waals surface area contributed by atoms with E-state index in [1.54, 1.807) is 12.8 Å². The molecule has 14 heavy (non-hydrogen) atoms. The molecular weight excluding hydrogens is 168 g/mol. The predicted octanol–water partition coefficient (Wildman–Crippen LogP) is 3.82. The summed E-state index contributed by atoms with van der Waals surface area (Å²) < 4.78 is 0. The minimum atomic E-state index is 1.01. The van der Waals surface area contributed by atoms with Crippen LogP contribution in [0.15, 0.2) is 0 Å². The maximum atomic E-state index is 2.52. The van der Waals surface area contributed by atoms with Gasteiger partial charge in [-0.25, -0.2) is 0 Å². The second kappa shape index (κ2) is 2.77. The quantitative estimate of drug-likeness (QED) is 0.547. The van der Waals surface area contributed by atoms with Gasteiger partial charge in [-0.15, -0.1) is 0 Å². The molecule has 0 N–H and O–H groups in total. The van der Waals surface area contributed by atoms with E-state index in [9.17, 15) is 0 Å². The summed E-state index contributed by atoms with van der Waals surface area (Å²) in [5, 5.41) is 0. The molecule has 2 unspecified atom stereocenters. The van der Waals surface area contributed by atoms with Gasteiger partial charge >= 0.3 is 0 Å². The summed E-state index contributed by atoms with van der Waals surface area (Å²) in [7, 11) is 0. The third-order valence-electron chi connectivity index (χ3n) is 6.28. The van der Waals surface area contributed by atoms with E-state index in [0.29, 0.717) is 0 Å². The smallest absolute Gasteiger partial charge is 0.0321 e. The van der Waals surface area contributed by atoms with Gasteiger partial charge in [0.2, 0.25) is 0 Å². The van der Waals surface area contributed by atoms with Crippen molar-refractivity contribution in [1.82, 2.24) is 0 Å². The molecule has 0 radical (unpaired) electrons. The molecule has 0 amide bonds. The van der Waals surface area contributed by atoms with Gasteiger partial charge in [0.15, 0.2) is 0 Å². The van der Waals surface area contributed by atoms with Crippen LogP contribution in [-0.4, -0.2) is 0 Å². The van der Waals surface area contributed by atoms with Crippen LogP contribution in [0.2, 0.25) is 0 Å². The standard InChI is InChI=1S/C14H24/c1-7-5-11-12-6-8(2)10(4)14(12)13(11)9(7)3/h7-14H,5-6H2,1-4H3/t7-,8+,9-,10?,11-,12?,13-,14+/m0/s1. The van der Waals surface area contributed by atoms with Crippen LogP contribution >= 0.6 is 0 Å². The number of hydrogen-bond donors (Lipinski definition) is 0. The first-order valence-electron chi connectivity index (χ1n) is 6.61. The van der Waals surface area contributed by atoms with E-state index in [2.05, 4.69) is 27.7 Å². The lowest BCUT2D eigenvalue weighted by molar-refractivity contribution is -0.0149. The predicted molar refractivity (Wildman–Crippen MR) is 59.9 cm³/mol. The minimum Gasteiger partial charge on any atom is -0.0622 e. The van der Waals surface area contributed by atoms with Gasteiger partial charge in [-0.2, -0.15) is 0 Å². The molecular formula is C14H24. The van der Waals surface area contributed by atoms with Gasteiger partial charge in [0.05, 0.1) is 0 Å². The fourth-order valence-corrected chi connectivity index (χ4v) is 5.19. The van der Waals surface area contributed by atoms with Gasteiger partial charge in [0.25, 0.3) is 0 Å². The first-order chi connectivity index (χ1) is 6.61. The Labute approximate surface area is 88.5 Å². The molecule has 3 saturated carbocycles. The normalized spacial score (nSPS) is 66.0. The first-order valence-corrected chi connectivity index (χ1v) is 6.61. The molecule has 3 aliphatic rings. The Morgan fingerprint density at radius 3 is 1.36 bits per heavy atom. The van der Waals surface area contributed by atoms with Gasteiger partial charge in [-0.3, -0.25) is 0 Å². The molecule has 3 rings (SSSR count). The minimum absolute atomic E-state index is 1.01. The SMILES string of the molecule is CC1[C@@H]2C(C[C@H]1C)[C@@H]1C[C@H](C)[C@H](C)[C@H]21. The molecule has 0 nitrogen and oxygen atoms in total. The van der Waals surface area contributed by atoms with Crippen molar-refractivity contribution < 1.29 is 0 Å². The molecule has 0 spiro atoms. The maximum absolute atomic E-state index is 2.52. The first kappa shape index (κ1) is 9.24. The van der Waals surface area contributed by atoms with E-state index in [-0.39, 0.29) is 0 Å². The third kappa shape index (κ3) is 0.907. The Kier molecular flexibility index (Phi) is 1.83. The molecule has 0 heteroatoms. The largest absolute Gasteiger partial charge is 0.0622 e. The summed E-state index contributed by atoms with van der Waals surface area (Å²) in [5.41, 5.74) is 0. The van der Waals surface area contributed by atoms with Crippen LogP contribution in [0.4, 0.5) is 0 Å². The Bertz CT molecular complexity index is 218. The van der Waals surface area contributed by atoms with Crippen LogP contribution in [-0.2, 0) is 0 Å². The lowest BCUT2D eigenvalue weighted by atomic mass is 9.56. The zero-order valence-electron chi connectivity index (χ0n) is 10.0. The second-order valence-electron chi connectivity index (χ2n) is 6.63. The lowest BCUT2D eigenvalue weighted by Gasteiger charge is -2.49. The highest BCUT2D eigenvalue weighted by molar-refractivity contribution is 5.09. The summed E-state index contributed by atoms with van der Waals surface area (Å²) in [5.74, 6) is 8.58. The Balaban J connectivity index is 1.84. The van der Waals surface area contributed by atoms with Gasteiger partial charge in [0.1, 0.15) is 0 Å². The van der Waals surface area contributed by atoms with Crippen molar-refractivity contribution in [3.8, 4) is 0 Å². The van der Waals surface area contributed by atoms with E-state index >= 15 is 0 Å². The molecule has 0 aromatic heterocycles. The summed E-state index contributed by atoms with van der Waals surface area (Å²) in [6, 6.07) is 0. The summed E-state index contributed by atoms with van der Waals surface area (Å²) in [6.07, 6.45) is 3.10. The highest BCUT2D eigenvalue weighted by atomic mass is 14.7. The van der Waals surface area contributed by atoms with E-state index in [0.717, 1.165) is 47.3 Å². The highest BCUT2D eigenvalue weighted by Crippen LogP contribution is 2.67. The fraction of sp³-hybridized carbons (Fsp3) is 1.00. The van der Waals surface area contributed by atoms with Crippen molar-refractivity contribution in [2.24, 2.45) is 47.3 Å². The van der Waals surface area contributed by atoms with Crippen molar-refractivity contribution in [3.05, 3.63) is 0 Å². The molecule has 0 aromatic carbocycles.